The van der Waals surface area contributed by atoms with Gasteiger partial charge < -0.3 is 19.4 Å². The lowest BCUT2D eigenvalue weighted by Crippen LogP contribution is -2.33. The molecule has 26 heavy (non-hydrogen) atoms. The molecule has 0 aliphatic heterocycles. The van der Waals surface area contributed by atoms with Crippen LogP contribution in [0.1, 0.15) is 68.8 Å². The van der Waals surface area contributed by atoms with Crippen LogP contribution in [0, 0.1) is 13.8 Å². The van der Waals surface area contributed by atoms with E-state index in [-0.39, 0.29) is 31.4 Å². The van der Waals surface area contributed by atoms with Crippen molar-refractivity contribution in [3.63, 3.8) is 0 Å². The van der Waals surface area contributed by atoms with Crippen molar-refractivity contribution in [2.75, 3.05) is 13.2 Å². The zero-order valence-corrected chi connectivity index (χ0v) is 16.8. The molecule has 0 unspecified atom stereocenters. The van der Waals surface area contributed by atoms with E-state index in [1.54, 1.807) is 20.8 Å². The second kappa shape index (κ2) is 8.87. The number of ether oxygens (including phenoxy) is 2. The van der Waals surface area contributed by atoms with Crippen molar-refractivity contribution in [1.29, 1.82) is 0 Å². The third-order valence-electron chi connectivity index (χ3n) is 3.66. The smallest absolute Gasteiger partial charge is 0.407 e. The maximum Gasteiger partial charge on any atom is 0.407 e. The van der Waals surface area contributed by atoms with Gasteiger partial charge in [0, 0.05) is 29.5 Å². The standard InChI is InChI=1S/C19H30N2O5/c1-12(2)21-13(3)10-15(14(21)4)16(22)11-25-17(23)8-9-20-18(24)26-19(5,6)7/h10,12H,8-9,11H2,1-7H3,(H,20,24). The van der Waals surface area contributed by atoms with Crippen molar-refractivity contribution in [1.82, 2.24) is 9.88 Å². The van der Waals surface area contributed by atoms with E-state index in [0.29, 0.717) is 5.56 Å². The molecule has 0 aromatic carbocycles. The molecule has 146 valence electrons. The van der Waals surface area contributed by atoms with Gasteiger partial charge in [0.15, 0.2) is 6.61 Å². The number of ketones is 1. The second-order valence-electron chi connectivity index (χ2n) is 7.51. The average Bonchev–Trinajstić information content (AvgIpc) is 2.77. The Labute approximate surface area is 155 Å². The van der Waals surface area contributed by atoms with Crippen molar-refractivity contribution in [3.05, 3.63) is 23.0 Å². The summed E-state index contributed by atoms with van der Waals surface area (Å²) >= 11 is 0. The van der Waals surface area contributed by atoms with Gasteiger partial charge in [-0.25, -0.2) is 4.79 Å². The molecule has 0 aliphatic carbocycles. The second-order valence-corrected chi connectivity index (χ2v) is 7.51. The van der Waals surface area contributed by atoms with Crippen LogP contribution in [-0.4, -0.2) is 41.2 Å². The van der Waals surface area contributed by atoms with Crippen molar-refractivity contribution in [2.45, 2.75) is 66.5 Å². The Bertz CT molecular complexity index is 668. The minimum atomic E-state index is -0.598. The highest BCUT2D eigenvalue weighted by molar-refractivity contribution is 5.99. The topological polar surface area (TPSA) is 86.6 Å². The van der Waals surface area contributed by atoms with Crippen molar-refractivity contribution in [3.8, 4) is 0 Å². The molecule has 0 bridgehead atoms. The molecule has 1 N–H and O–H groups in total. The number of Topliss-reactive ketones (excluding diaryl/α,β-unsaturated/α-hetero) is 1. The van der Waals surface area contributed by atoms with Crippen molar-refractivity contribution >= 4 is 17.8 Å². The highest BCUT2D eigenvalue weighted by Gasteiger charge is 2.19. The minimum Gasteiger partial charge on any atom is -0.457 e. The number of hydrogen-bond donors (Lipinski definition) is 1. The van der Waals surface area contributed by atoms with Gasteiger partial charge in [-0.3, -0.25) is 9.59 Å². The van der Waals surface area contributed by atoms with Crippen LogP contribution in [0.2, 0.25) is 0 Å². The largest absolute Gasteiger partial charge is 0.457 e. The van der Waals surface area contributed by atoms with Crippen LogP contribution in [0.5, 0.6) is 0 Å². The molecule has 0 saturated heterocycles. The SMILES string of the molecule is Cc1cc(C(=O)COC(=O)CCNC(=O)OC(C)(C)C)c(C)n1C(C)C. The van der Waals surface area contributed by atoms with E-state index >= 15 is 0 Å². The quantitative estimate of drug-likeness (QED) is 0.591. The molecule has 7 nitrogen and oxygen atoms in total. The summed E-state index contributed by atoms with van der Waals surface area (Å²) in [6.07, 6.45) is -0.625. The molecule has 1 aromatic heterocycles. The summed E-state index contributed by atoms with van der Waals surface area (Å²) in [7, 11) is 0. The number of rotatable bonds is 7. The Kier molecular flexibility index (Phi) is 7.41. The summed E-state index contributed by atoms with van der Waals surface area (Å²) in [5.74, 6) is -0.787. The van der Waals surface area contributed by atoms with Crippen LogP contribution in [0.15, 0.2) is 6.07 Å². The number of amides is 1. The number of alkyl carbamates (subject to hydrolysis) is 1. The third-order valence-corrected chi connectivity index (χ3v) is 3.66. The molecule has 0 radical (unpaired) electrons. The molecule has 1 aromatic rings. The van der Waals surface area contributed by atoms with Crippen LogP contribution in [0.25, 0.3) is 0 Å². The molecule has 0 aliphatic rings. The molecule has 0 spiro atoms. The molecule has 0 atom stereocenters. The summed E-state index contributed by atoms with van der Waals surface area (Å²) in [5, 5.41) is 2.47. The number of esters is 1. The molecule has 1 amide bonds. The summed E-state index contributed by atoms with van der Waals surface area (Å²) < 4.78 is 12.1. The lowest BCUT2D eigenvalue weighted by molar-refractivity contribution is -0.142. The molecular weight excluding hydrogens is 336 g/mol. The average molecular weight is 366 g/mol. The fourth-order valence-electron chi connectivity index (χ4n) is 2.73. The molecule has 1 rings (SSSR count). The Morgan fingerprint density at radius 1 is 1.19 bits per heavy atom. The molecule has 7 heteroatoms. The molecule has 0 saturated carbocycles. The molecule has 0 fully saturated rings. The number of carbonyl (C=O) groups excluding carboxylic acids is 3. The van der Waals surface area contributed by atoms with E-state index in [1.807, 2.05) is 33.8 Å². The summed E-state index contributed by atoms with van der Waals surface area (Å²) in [4.78, 5) is 35.5. The van der Waals surface area contributed by atoms with Crippen LogP contribution in [0.4, 0.5) is 4.79 Å². The first-order valence-corrected chi connectivity index (χ1v) is 8.76. The Morgan fingerprint density at radius 2 is 1.81 bits per heavy atom. The summed E-state index contributed by atoms with van der Waals surface area (Å²) in [6.45, 7) is 13.0. The zero-order valence-electron chi connectivity index (χ0n) is 16.8. The normalized spacial score (nSPS) is 11.4. The Morgan fingerprint density at radius 3 is 2.31 bits per heavy atom. The van der Waals surface area contributed by atoms with E-state index < -0.39 is 17.7 Å². The van der Waals surface area contributed by atoms with Gasteiger partial charge in [0.05, 0.1) is 6.42 Å². The maximum absolute atomic E-state index is 12.3. The third kappa shape index (κ3) is 6.54. The summed E-state index contributed by atoms with van der Waals surface area (Å²) in [6, 6.07) is 2.06. The van der Waals surface area contributed by atoms with Crippen LogP contribution in [0.3, 0.4) is 0 Å². The van der Waals surface area contributed by atoms with Gasteiger partial charge in [0.1, 0.15) is 5.60 Å². The summed E-state index contributed by atoms with van der Waals surface area (Å²) in [5.41, 5.74) is 1.83. The fraction of sp³-hybridized carbons (Fsp3) is 0.632. The number of aryl methyl sites for hydroxylation is 1. The first kappa shape index (κ1) is 21.7. The number of nitrogens with zero attached hydrogens (tertiary/aromatic N) is 1. The number of carbonyl (C=O) groups is 3. The van der Waals surface area contributed by atoms with Crippen LogP contribution >= 0.6 is 0 Å². The molecular formula is C19H30N2O5. The van der Waals surface area contributed by atoms with Gasteiger partial charge in [-0.05, 0) is 54.5 Å². The van der Waals surface area contributed by atoms with Crippen molar-refractivity contribution < 1.29 is 23.9 Å². The zero-order chi connectivity index (χ0) is 20.1. The fourth-order valence-corrected chi connectivity index (χ4v) is 2.73. The van der Waals surface area contributed by atoms with Crippen LogP contribution < -0.4 is 5.32 Å². The Hall–Kier alpha value is -2.31. The highest BCUT2D eigenvalue weighted by atomic mass is 16.6. The van der Waals surface area contributed by atoms with E-state index in [9.17, 15) is 14.4 Å². The number of nitrogens with one attached hydrogen (secondary N) is 1. The van der Waals surface area contributed by atoms with Crippen molar-refractivity contribution in [2.24, 2.45) is 0 Å². The minimum absolute atomic E-state index is 0.0302. The van der Waals surface area contributed by atoms with Gasteiger partial charge in [-0.1, -0.05) is 0 Å². The first-order valence-electron chi connectivity index (χ1n) is 8.76. The highest BCUT2D eigenvalue weighted by Crippen LogP contribution is 2.20. The van der Waals surface area contributed by atoms with E-state index in [0.717, 1.165) is 11.4 Å². The maximum atomic E-state index is 12.3. The predicted octanol–water partition coefficient (Wildman–Crippen LogP) is 3.33. The lowest BCUT2D eigenvalue weighted by atomic mass is 10.1. The van der Waals surface area contributed by atoms with Gasteiger partial charge in [-0.15, -0.1) is 0 Å². The predicted molar refractivity (Wildman–Crippen MR) is 98.4 cm³/mol. The number of aromatic nitrogens is 1. The van der Waals surface area contributed by atoms with E-state index in [1.165, 1.54) is 0 Å². The Balaban J connectivity index is 2.45. The number of hydrogen-bond acceptors (Lipinski definition) is 5. The van der Waals surface area contributed by atoms with E-state index in [2.05, 4.69) is 9.88 Å². The van der Waals surface area contributed by atoms with E-state index in [4.69, 9.17) is 9.47 Å². The van der Waals surface area contributed by atoms with Gasteiger partial charge in [-0.2, -0.15) is 0 Å². The van der Waals surface area contributed by atoms with Gasteiger partial charge in [0.2, 0.25) is 5.78 Å². The van der Waals surface area contributed by atoms with Gasteiger partial charge >= 0.3 is 12.1 Å². The van der Waals surface area contributed by atoms with Crippen LogP contribution in [-0.2, 0) is 14.3 Å². The monoisotopic (exact) mass is 366 g/mol. The molecule has 1 heterocycles. The lowest BCUT2D eigenvalue weighted by Gasteiger charge is -2.19. The first-order chi connectivity index (χ1) is 11.9. The van der Waals surface area contributed by atoms with Gasteiger partial charge in [0.25, 0.3) is 0 Å².